The molecule has 0 saturated carbocycles. The second kappa shape index (κ2) is 5.80. The van der Waals surface area contributed by atoms with Crippen LogP contribution in [-0.4, -0.2) is 26.9 Å². The average Bonchev–Trinajstić information content (AvgIpc) is 3.16. The molecule has 0 N–H and O–H groups in total. The van der Waals surface area contributed by atoms with Crippen LogP contribution in [0.25, 0.3) is 16.6 Å². The highest BCUT2D eigenvalue weighted by Crippen LogP contribution is 2.38. The summed E-state index contributed by atoms with van der Waals surface area (Å²) in [6.07, 6.45) is 1.93. The lowest BCUT2D eigenvalue weighted by molar-refractivity contribution is -0.113. The first-order valence-electron chi connectivity index (χ1n) is 7.69. The fourth-order valence-electron chi connectivity index (χ4n) is 3.16. The summed E-state index contributed by atoms with van der Waals surface area (Å²) in [7, 11) is 1.65. The number of nitrogens with zero attached hydrogens (tertiary/aromatic N) is 3. The second-order valence-electron chi connectivity index (χ2n) is 5.82. The largest absolute Gasteiger partial charge is 0.321 e. The molecule has 1 amide bonds. The third kappa shape index (κ3) is 2.41. The summed E-state index contributed by atoms with van der Waals surface area (Å²) in [4.78, 5) is 25.6. The van der Waals surface area contributed by atoms with Crippen molar-refractivity contribution in [2.75, 3.05) is 7.05 Å². The Bertz CT molecular complexity index is 1050. The van der Waals surface area contributed by atoms with Crippen molar-refractivity contribution in [1.29, 1.82) is 5.26 Å². The quantitative estimate of drug-likeness (QED) is 0.706. The normalized spacial score (nSPS) is 17.3. The molecule has 4 rings (SSSR count). The molecule has 0 spiro atoms. The number of likely N-dealkylation sites (N-methyl/N-ethyl adjacent to an activating group) is 1. The Balaban J connectivity index is 1.85. The van der Waals surface area contributed by atoms with Crippen molar-refractivity contribution in [2.45, 2.75) is 6.04 Å². The molecule has 2 aromatic carbocycles. The van der Waals surface area contributed by atoms with E-state index in [1.54, 1.807) is 19.2 Å². The first-order chi connectivity index (χ1) is 12.1. The zero-order chi connectivity index (χ0) is 17.6. The van der Waals surface area contributed by atoms with Crippen LogP contribution < -0.4 is 0 Å². The number of hydrogen-bond acceptors (Lipinski definition) is 4. The third-order valence-corrected chi connectivity index (χ3v) is 5.31. The number of thioether (sulfide) groups is 1. The van der Waals surface area contributed by atoms with Crippen LogP contribution in [0, 0.1) is 11.3 Å². The van der Waals surface area contributed by atoms with Crippen LogP contribution in [0.5, 0.6) is 0 Å². The lowest BCUT2D eigenvalue weighted by Gasteiger charge is -2.18. The number of benzene rings is 2. The van der Waals surface area contributed by atoms with Crippen molar-refractivity contribution in [3.8, 4) is 11.8 Å². The Hall–Kier alpha value is -3.04. The monoisotopic (exact) mass is 347 g/mol. The van der Waals surface area contributed by atoms with Crippen LogP contribution >= 0.6 is 11.8 Å². The minimum atomic E-state index is -0.557. The molecule has 1 fully saturated rings. The number of nitriles is 1. The van der Waals surface area contributed by atoms with Crippen LogP contribution in [-0.2, 0) is 4.79 Å². The maximum atomic E-state index is 12.2. The van der Waals surface area contributed by atoms with E-state index in [0.717, 1.165) is 33.9 Å². The first-order valence-corrected chi connectivity index (χ1v) is 8.51. The van der Waals surface area contributed by atoms with Gasteiger partial charge in [0.2, 0.25) is 5.12 Å². The zero-order valence-corrected chi connectivity index (χ0v) is 14.2. The molecule has 0 radical (unpaired) electrons. The molecule has 5 nitrogen and oxygen atoms in total. The minimum absolute atomic E-state index is 0.147. The predicted molar refractivity (Wildman–Crippen MR) is 96.5 cm³/mol. The molecule has 2 heterocycles. The topological polar surface area (TPSA) is 66.1 Å². The maximum Gasteiger partial charge on any atom is 0.289 e. The smallest absolute Gasteiger partial charge is 0.289 e. The van der Waals surface area contributed by atoms with Crippen molar-refractivity contribution in [1.82, 2.24) is 9.47 Å². The van der Waals surface area contributed by atoms with E-state index < -0.39 is 6.04 Å². The van der Waals surface area contributed by atoms with Crippen molar-refractivity contribution >= 4 is 33.0 Å². The molecule has 1 aromatic heterocycles. The molecule has 1 aliphatic heterocycles. The van der Waals surface area contributed by atoms with Gasteiger partial charge in [-0.25, -0.2) is 0 Å². The Morgan fingerprint density at radius 1 is 1.08 bits per heavy atom. The molecule has 0 bridgehead atoms. The number of fused-ring (bicyclic) bond motifs is 1. The van der Waals surface area contributed by atoms with Crippen LogP contribution in [0.4, 0.5) is 4.79 Å². The van der Waals surface area contributed by atoms with Gasteiger partial charge in [-0.15, -0.1) is 0 Å². The van der Waals surface area contributed by atoms with Gasteiger partial charge < -0.3 is 9.47 Å². The van der Waals surface area contributed by atoms with Gasteiger partial charge in [-0.05, 0) is 42.0 Å². The molecule has 1 saturated heterocycles. The number of carbonyl (C=O) groups excluding carboxylic acids is 2. The van der Waals surface area contributed by atoms with Crippen molar-refractivity contribution in [2.24, 2.45) is 0 Å². The minimum Gasteiger partial charge on any atom is -0.321 e. The van der Waals surface area contributed by atoms with E-state index in [1.807, 2.05) is 47.2 Å². The summed E-state index contributed by atoms with van der Waals surface area (Å²) in [5.41, 5.74) is 3.32. The van der Waals surface area contributed by atoms with Gasteiger partial charge >= 0.3 is 0 Å². The highest BCUT2D eigenvalue weighted by molar-refractivity contribution is 8.26. The van der Waals surface area contributed by atoms with E-state index in [9.17, 15) is 9.59 Å². The fourth-order valence-corrected chi connectivity index (χ4v) is 3.98. The van der Waals surface area contributed by atoms with Crippen molar-refractivity contribution in [3.63, 3.8) is 0 Å². The number of amides is 1. The van der Waals surface area contributed by atoms with Gasteiger partial charge in [-0.2, -0.15) is 5.26 Å². The summed E-state index contributed by atoms with van der Waals surface area (Å²) < 4.78 is 2.01. The molecule has 3 aromatic rings. The number of carbonyl (C=O) groups is 2. The van der Waals surface area contributed by atoms with Gasteiger partial charge in [0, 0.05) is 36.1 Å². The number of aromatic nitrogens is 1. The van der Waals surface area contributed by atoms with Crippen LogP contribution in [0.3, 0.4) is 0 Å². The highest BCUT2D eigenvalue weighted by atomic mass is 32.2. The molecule has 0 aliphatic carbocycles. The second-order valence-corrected chi connectivity index (χ2v) is 6.78. The maximum absolute atomic E-state index is 12.2. The summed E-state index contributed by atoms with van der Waals surface area (Å²) in [5.74, 6) is 0. The van der Waals surface area contributed by atoms with Gasteiger partial charge in [-0.3, -0.25) is 9.59 Å². The summed E-state index contributed by atoms with van der Waals surface area (Å²) in [6, 6.07) is 16.6. The average molecular weight is 347 g/mol. The molecule has 6 heteroatoms. The number of rotatable bonds is 2. The first kappa shape index (κ1) is 15.5. The van der Waals surface area contributed by atoms with Gasteiger partial charge in [0.1, 0.15) is 6.04 Å². The van der Waals surface area contributed by atoms with Gasteiger partial charge in [0.25, 0.3) is 5.24 Å². The molecule has 1 aliphatic rings. The summed E-state index contributed by atoms with van der Waals surface area (Å²) in [6.45, 7) is 0. The molecule has 1 unspecified atom stereocenters. The van der Waals surface area contributed by atoms with Crippen LogP contribution in [0.2, 0.25) is 0 Å². The van der Waals surface area contributed by atoms with Crippen molar-refractivity contribution < 1.29 is 9.59 Å². The van der Waals surface area contributed by atoms with E-state index >= 15 is 0 Å². The Kier molecular flexibility index (Phi) is 3.59. The van der Waals surface area contributed by atoms with Gasteiger partial charge in [0.15, 0.2) is 0 Å². The molecular weight excluding hydrogens is 334 g/mol. The van der Waals surface area contributed by atoms with Crippen LogP contribution in [0.15, 0.2) is 54.7 Å². The van der Waals surface area contributed by atoms with Gasteiger partial charge in [-0.1, -0.05) is 12.1 Å². The molecule has 25 heavy (non-hydrogen) atoms. The Labute approximate surface area is 148 Å². The lowest BCUT2D eigenvalue weighted by atomic mass is 10.0. The Morgan fingerprint density at radius 2 is 1.84 bits per heavy atom. The van der Waals surface area contributed by atoms with E-state index in [1.165, 1.54) is 4.90 Å². The standard InChI is InChI=1S/C19H13N3O2S/c1-21-17(18(23)25-19(21)24)15-3-2-4-16-14(15)9-10-22(16)13-7-5-12(11-20)6-8-13/h2-10,17H,1H3. The number of hydrogen-bond donors (Lipinski definition) is 0. The van der Waals surface area contributed by atoms with Gasteiger partial charge in [0.05, 0.1) is 17.1 Å². The zero-order valence-electron chi connectivity index (χ0n) is 13.3. The highest BCUT2D eigenvalue weighted by Gasteiger charge is 2.39. The van der Waals surface area contributed by atoms with E-state index in [0.29, 0.717) is 5.56 Å². The van der Waals surface area contributed by atoms with Crippen LogP contribution in [0.1, 0.15) is 17.2 Å². The van der Waals surface area contributed by atoms with E-state index in [4.69, 9.17) is 5.26 Å². The Morgan fingerprint density at radius 3 is 2.48 bits per heavy atom. The van der Waals surface area contributed by atoms with E-state index in [2.05, 4.69) is 6.07 Å². The molecule has 1 atom stereocenters. The van der Waals surface area contributed by atoms with E-state index in [-0.39, 0.29) is 10.4 Å². The fraction of sp³-hybridized carbons (Fsp3) is 0.105. The molecule has 122 valence electrons. The predicted octanol–water partition coefficient (Wildman–Crippen LogP) is 3.87. The lowest BCUT2D eigenvalue weighted by Crippen LogP contribution is -2.23. The van der Waals surface area contributed by atoms with Crippen molar-refractivity contribution in [3.05, 3.63) is 65.9 Å². The third-order valence-electron chi connectivity index (χ3n) is 4.42. The SMILES string of the molecule is CN1C(=O)SC(=O)C1c1cccc2c1ccn2-c1ccc(C#N)cc1. The molecular formula is C19H13N3O2S. The summed E-state index contributed by atoms with van der Waals surface area (Å²) in [5, 5.41) is 9.50. The summed E-state index contributed by atoms with van der Waals surface area (Å²) >= 11 is 0.758.